The van der Waals surface area contributed by atoms with E-state index >= 15 is 0 Å². The molecule has 0 bridgehead atoms. The molecule has 1 aromatic rings. The number of benzene rings is 1. The van der Waals surface area contributed by atoms with Gasteiger partial charge in [0.15, 0.2) is 11.5 Å². The minimum atomic E-state index is -0.123. The summed E-state index contributed by atoms with van der Waals surface area (Å²) in [6, 6.07) is 3.40. The highest BCUT2D eigenvalue weighted by molar-refractivity contribution is 6.04. The molecule has 154 valence electrons. The van der Waals surface area contributed by atoms with Gasteiger partial charge in [-0.05, 0) is 44.1 Å². The van der Waals surface area contributed by atoms with Crippen LogP contribution in [0.3, 0.4) is 0 Å². The molecule has 28 heavy (non-hydrogen) atoms. The zero-order valence-electron chi connectivity index (χ0n) is 16.8. The molecular weight excluding hydrogens is 358 g/mol. The fraction of sp³-hybridized carbons (Fsp3) is 0.619. The van der Waals surface area contributed by atoms with Gasteiger partial charge in [0.25, 0.3) is 5.91 Å². The molecule has 3 rings (SSSR count). The van der Waals surface area contributed by atoms with E-state index in [-0.39, 0.29) is 23.8 Å². The van der Waals surface area contributed by atoms with E-state index in [0.717, 1.165) is 51.6 Å². The first-order valence-electron chi connectivity index (χ1n) is 10.1. The fourth-order valence-corrected chi connectivity index (χ4v) is 4.19. The average Bonchev–Trinajstić information content (AvgIpc) is 3.12. The molecule has 2 aliphatic rings. The van der Waals surface area contributed by atoms with Gasteiger partial charge in [-0.15, -0.1) is 0 Å². The number of nitrogens with zero attached hydrogens (tertiary/aromatic N) is 1. The third-order valence-electron chi connectivity index (χ3n) is 5.84. The van der Waals surface area contributed by atoms with E-state index in [0.29, 0.717) is 29.2 Å². The largest absolute Gasteiger partial charge is 0.493 e. The molecule has 0 aromatic heterocycles. The second kappa shape index (κ2) is 9.28. The van der Waals surface area contributed by atoms with Gasteiger partial charge in [-0.1, -0.05) is 6.42 Å². The van der Waals surface area contributed by atoms with Crippen molar-refractivity contribution in [2.45, 2.75) is 51.0 Å². The molecule has 7 heteroatoms. The van der Waals surface area contributed by atoms with Crippen molar-refractivity contribution in [3.63, 3.8) is 0 Å². The molecular formula is C21H31N3O4. The Morgan fingerprint density at radius 3 is 2.36 bits per heavy atom. The maximum atomic E-state index is 13.1. The maximum absolute atomic E-state index is 13.1. The predicted octanol–water partition coefficient (Wildman–Crippen LogP) is 2.79. The number of ether oxygens (including phenoxy) is 2. The van der Waals surface area contributed by atoms with Crippen LogP contribution >= 0.6 is 0 Å². The number of hydrogen-bond donors (Lipinski definition) is 2. The Labute approximate surface area is 166 Å². The first kappa shape index (κ1) is 20.5. The molecule has 2 atom stereocenters. The van der Waals surface area contributed by atoms with Gasteiger partial charge in [0.05, 0.1) is 25.5 Å². The summed E-state index contributed by atoms with van der Waals surface area (Å²) in [4.78, 5) is 27.6. The van der Waals surface area contributed by atoms with E-state index in [4.69, 9.17) is 15.2 Å². The number of carbonyl (C=O) groups excluding carboxylic acids is 2. The number of amides is 2. The first-order valence-corrected chi connectivity index (χ1v) is 10.1. The molecule has 2 fully saturated rings. The average molecular weight is 389 g/mol. The molecule has 1 aromatic carbocycles. The van der Waals surface area contributed by atoms with E-state index in [1.165, 1.54) is 14.2 Å². The topological polar surface area (TPSA) is 93.9 Å². The quantitative estimate of drug-likeness (QED) is 0.780. The molecule has 1 saturated heterocycles. The lowest BCUT2D eigenvalue weighted by atomic mass is 9.99. The third kappa shape index (κ3) is 4.58. The first-order chi connectivity index (χ1) is 13.5. The van der Waals surface area contributed by atoms with Crippen LogP contribution in [-0.2, 0) is 4.79 Å². The molecule has 7 nitrogen and oxygen atoms in total. The molecule has 1 aliphatic carbocycles. The van der Waals surface area contributed by atoms with Gasteiger partial charge in [-0.2, -0.15) is 0 Å². The number of likely N-dealkylation sites (tertiary alicyclic amines) is 1. The van der Waals surface area contributed by atoms with Crippen LogP contribution in [0.15, 0.2) is 12.1 Å². The van der Waals surface area contributed by atoms with Crippen LogP contribution in [-0.4, -0.2) is 50.1 Å². The van der Waals surface area contributed by atoms with Crippen LogP contribution in [0.2, 0.25) is 0 Å². The van der Waals surface area contributed by atoms with E-state index in [2.05, 4.69) is 5.32 Å². The summed E-state index contributed by atoms with van der Waals surface area (Å²) in [7, 11) is 3.07. The third-order valence-corrected chi connectivity index (χ3v) is 5.84. The molecule has 2 amide bonds. The lowest BCUT2D eigenvalue weighted by molar-refractivity contribution is -0.117. The molecule has 1 aliphatic heterocycles. The summed E-state index contributed by atoms with van der Waals surface area (Å²) in [5.74, 6) is 0.932. The predicted molar refractivity (Wildman–Crippen MR) is 108 cm³/mol. The van der Waals surface area contributed by atoms with Crippen LogP contribution in [0.25, 0.3) is 0 Å². The lowest BCUT2D eigenvalue weighted by Crippen LogP contribution is -2.36. The summed E-state index contributed by atoms with van der Waals surface area (Å²) in [6.07, 6.45) is 6.51. The van der Waals surface area contributed by atoms with Gasteiger partial charge >= 0.3 is 0 Å². The second-order valence-corrected chi connectivity index (χ2v) is 7.71. The van der Waals surface area contributed by atoms with Crippen molar-refractivity contribution in [2.75, 3.05) is 32.6 Å². The normalized spacial score (nSPS) is 22.0. The zero-order valence-corrected chi connectivity index (χ0v) is 16.8. The van der Waals surface area contributed by atoms with Crippen molar-refractivity contribution in [1.29, 1.82) is 0 Å². The summed E-state index contributed by atoms with van der Waals surface area (Å²) in [6.45, 7) is 1.47. The monoisotopic (exact) mass is 389 g/mol. The van der Waals surface area contributed by atoms with E-state index in [9.17, 15) is 9.59 Å². The maximum Gasteiger partial charge on any atom is 0.256 e. The Morgan fingerprint density at radius 2 is 1.75 bits per heavy atom. The Bertz CT molecular complexity index is 716. The van der Waals surface area contributed by atoms with Crippen molar-refractivity contribution in [3.8, 4) is 11.5 Å². The highest BCUT2D eigenvalue weighted by Crippen LogP contribution is 2.35. The number of nitrogens with one attached hydrogen (secondary N) is 1. The zero-order chi connectivity index (χ0) is 20.1. The minimum Gasteiger partial charge on any atom is -0.493 e. The summed E-state index contributed by atoms with van der Waals surface area (Å²) in [5.41, 5.74) is 7.00. The number of anilines is 1. The highest BCUT2D eigenvalue weighted by atomic mass is 16.5. The van der Waals surface area contributed by atoms with Crippen LogP contribution in [0, 0.1) is 5.92 Å². The van der Waals surface area contributed by atoms with Gasteiger partial charge in [-0.25, -0.2) is 0 Å². The van der Waals surface area contributed by atoms with Gasteiger partial charge in [0.2, 0.25) is 5.91 Å². The Hall–Kier alpha value is -2.28. The van der Waals surface area contributed by atoms with Gasteiger partial charge in [0, 0.05) is 31.6 Å². The second-order valence-electron chi connectivity index (χ2n) is 7.71. The molecule has 3 N–H and O–H groups in total. The Balaban J connectivity index is 1.84. The molecule has 0 radical (unpaired) electrons. The number of carbonyl (C=O) groups is 2. The van der Waals surface area contributed by atoms with Crippen molar-refractivity contribution in [2.24, 2.45) is 11.7 Å². The van der Waals surface area contributed by atoms with Crippen LogP contribution in [0.1, 0.15) is 55.3 Å². The molecule has 1 saturated carbocycles. The standard InChI is InChI=1S/C21H31N3O4/c1-27-18-12-15(21(26)24-9-4-3-5-10-24)17(13-19(18)28-2)23-20(25)11-14-7-6-8-16(14)22/h12-14,16H,3-11,22H2,1-2H3,(H,23,25)/t14-,16+/m0/s1. The molecule has 1 heterocycles. The van der Waals surface area contributed by atoms with Gasteiger partial charge in [0.1, 0.15) is 0 Å². The van der Waals surface area contributed by atoms with Crippen molar-refractivity contribution >= 4 is 17.5 Å². The van der Waals surface area contributed by atoms with Crippen molar-refractivity contribution in [3.05, 3.63) is 17.7 Å². The van der Waals surface area contributed by atoms with Crippen LogP contribution in [0.5, 0.6) is 11.5 Å². The summed E-state index contributed by atoms with van der Waals surface area (Å²) >= 11 is 0. The fourth-order valence-electron chi connectivity index (χ4n) is 4.19. The lowest BCUT2D eigenvalue weighted by Gasteiger charge is -2.28. The van der Waals surface area contributed by atoms with Crippen molar-refractivity contribution < 1.29 is 19.1 Å². The number of hydrogen-bond acceptors (Lipinski definition) is 5. The van der Waals surface area contributed by atoms with Gasteiger partial charge in [-0.3, -0.25) is 9.59 Å². The van der Waals surface area contributed by atoms with E-state index in [1.807, 2.05) is 4.90 Å². The minimum absolute atomic E-state index is 0.0746. The van der Waals surface area contributed by atoms with E-state index < -0.39 is 0 Å². The SMILES string of the molecule is COc1cc(NC(=O)C[C@@H]2CCC[C@H]2N)c(C(=O)N2CCCCC2)cc1OC. The number of nitrogens with two attached hydrogens (primary N) is 1. The summed E-state index contributed by atoms with van der Waals surface area (Å²) < 4.78 is 10.7. The molecule has 0 unspecified atom stereocenters. The van der Waals surface area contributed by atoms with Crippen LogP contribution < -0.4 is 20.5 Å². The highest BCUT2D eigenvalue weighted by Gasteiger charge is 2.28. The smallest absolute Gasteiger partial charge is 0.256 e. The van der Waals surface area contributed by atoms with Crippen LogP contribution in [0.4, 0.5) is 5.69 Å². The van der Waals surface area contributed by atoms with Gasteiger partial charge < -0.3 is 25.4 Å². The Kier molecular flexibility index (Phi) is 6.78. The number of rotatable bonds is 6. The number of methoxy groups -OCH3 is 2. The summed E-state index contributed by atoms with van der Waals surface area (Å²) in [5, 5.41) is 2.93. The Morgan fingerprint density at radius 1 is 1.07 bits per heavy atom. The van der Waals surface area contributed by atoms with E-state index in [1.54, 1.807) is 12.1 Å². The number of piperidine rings is 1. The molecule has 0 spiro atoms. The van der Waals surface area contributed by atoms with Crippen molar-refractivity contribution in [1.82, 2.24) is 4.90 Å².